The smallest absolute Gasteiger partial charge is 0.246 e. The van der Waals surface area contributed by atoms with Gasteiger partial charge >= 0.3 is 0 Å². The molecule has 3 heterocycles. The number of thiazole rings is 1. The van der Waals surface area contributed by atoms with Crippen LogP contribution in [0.15, 0.2) is 84.9 Å². The van der Waals surface area contributed by atoms with Gasteiger partial charge in [-0.3, -0.25) is 14.4 Å². The fraction of sp³-hybridized carbons (Fsp3) is 0.294. The zero-order valence-electron chi connectivity index (χ0n) is 24.7. The van der Waals surface area contributed by atoms with E-state index in [-0.39, 0.29) is 68.3 Å². The van der Waals surface area contributed by atoms with Gasteiger partial charge in [0.2, 0.25) is 17.7 Å². The maximum absolute atomic E-state index is 14.5. The van der Waals surface area contributed by atoms with Crippen LogP contribution in [0.3, 0.4) is 0 Å². The number of rotatable bonds is 10. The third-order valence-electron chi connectivity index (χ3n) is 8.37. The van der Waals surface area contributed by atoms with E-state index in [1.807, 2.05) is 30.3 Å². The fourth-order valence-electron chi connectivity index (χ4n) is 6.27. The van der Waals surface area contributed by atoms with Crippen molar-refractivity contribution in [3.05, 3.63) is 107 Å². The lowest BCUT2D eigenvalue weighted by Gasteiger charge is -2.55. The van der Waals surface area contributed by atoms with Crippen molar-refractivity contribution in [3.8, 4) is 5.75 Å². The second kappa shape index (κ2) is 13.2. The van der Waals surface area contributed by atoms with Gasteiger partial charge in [0.25, 0.3) is 0 Å². The van der Waals surface area contributed by atoms with Crippen molar-refractivity contribution in [3.63, 3.8) is 0 Å². The number of hydrogen-bond donors (Lipinski definition) is 1. The van der Waals surface area contributed by atoms with Gasteiger partial charge in [-0.25, -0.2) is 19.4 Å². The van der Waals surface area contributed by atoms with Crippen LogP contribution in [-0.2, 0) is 33.8 Å². The molecular formula is C34H34FN5O4S. The average molecular weight is 628 g/mol. The summed E-state index contributed by atoms with van der Waals surface area (Å²) in [5.41, 5.74) is 4.65. The average Bonchev–Trinajstić information content (AvgIpc) is 3.54. The highest BCUT2D eigenvalue weighted by Crippen LogP contribution is 2.32. The summed E-state index contributed by atoms with van der Waals surface area (Å²) in [5, 5.41) is 13.2. The molecule has 3 amide bonds. The number of hydrazine groups is 1. The number of carbonyl (C=O) groups excluding carboxylic acids is 3. The number of hydrogen-bond acceptors (Lipinski definition) is 7. The molecule has 2 aliphatic heterocycles. The Balaban J connectivity index is 1.34. The zero-order chi connectivity index (χ0) is 31.5. The van der Waals surface area contributed by atoms with Crippen molar-refractivity contribution in [1.29, 1.82) is 0 Å². The molecule has 2 atom stereocenters. The van der Waals surface area contributed by atoms with Gasteiger partial charge in [0.05, 0.1) is 28.8 Å². The van der Waals surface area contributed by atoms with Crippen LogP contribution in [0.2, 0.25) is 0 Å². The molecule has 3 aromatic carbocycles. The number of aromatic nitrogens is 1. The molecule has 0 saturated carbocycles. The van der Waals surface area contributed by atoms with E-state index in [2.05, 4.69) is 11.6 Å². The lowest BCUT2D eigenvalue weighted by atomic mass is 9.98. The zero-order valence-corrected chi connectivity index (χ0v) is 25.5. The number of fused-ring (bicyclic) bond motifs is 2. The summed E-state index contributed by atoms with van der Waals surface area (Å²) < 4.78 is 14.9. The van der Waals surface area contributed by atoms with Crippen molar-refractivity contribution < 1.29 is 23.9 Å². The summed E-state index contributed by atoms with van der Waals surface area (Å²) in [6.45, 7) is 4.29. The molecule has 2 saturated heterocycles. The number of piperazine rings is 1. The topological polar surface area (TPSA) is 97.3 Å². The van der Waals surface area contributed by atoms with Crippen LogP contribution in [0.5, 0.6) is 5.75 Å². The largest absolute Gasteiger partial charge is 0.508 e. The summed E-state index contributed by atoms with van der Waals surface area (Å²) >= 11 is 1.20. The first kappa shape index (κ1) is 30.4. The van der Waals surface area contributed by atoms with Crippen LogP contribution in [0.1, 0.15) is 29.5 Å². The van der Waals surface area contributed by atoms with Gasteiger partial charge in [0, 0.05) is 25.9 Å². The third-order valence-corrected chi connectivity index (χ3v) is 9.21. The first-order valence-corrected chi connectivity index (χ1v) is 15.8. The van der Waals surface area contributed by atoms with Crippen molar-refractivity contribution in [2.45, 2.75) is 44.4 Å². The Labute approximate surface area is 264 Å². The van der Waals surface area contributed by atoms with Gasteiger partial charge in [-0.05, 0) is 47.7 Å². The summed E-state index contributed by atoms with van der Waals surface area (Å²) in [6, 6.07) is 18.6. The molecule has 4 aromatic rings. The molecule has 1 aromatic heterocycles. The first-order valence-electron chi connectivity index (χ1n) is 14.9. The van der Waals surface area contributed by atoms with E-state index in [0.717, 1.165) is 17.5 Å². The lowest BCUT2D eigenvalue weighted by molar-refractivity contribution is -0.205. The molecule has 2 aliphatic rings. The van der Waals surface area contributed by atoms with E-state index in [9.17, 15) is 23.9 Å². The van der Waals surface area contributed by atoms with Crippen LogP contribution < -0.4 is 0 Å². The number of phenols is 1. The van der Waals surface area contributed by atoms with Gasteiger partial charge in [0.1, 0.15) is 23.8 Å². The standard InChI is InChI=1S/C34H34FN5O4S/c1-2-17-38-21-31(43)39-28(18-24-11-14-26(41)15-12-24)34(44)37(19-25-13-16-27(35)33-32(25)36-22-45-33)20-29(39)40(38)30(42)10-6-9-23-7-4-3-5-8-23/h2-5,7-8,11-16,22,28-29,41H,1,6,9-10,17-21H2/t28-,29-/m0/s1. The molecule has 0 spiro atoms. The van der Waals surface area contributed by atoms with E-state index in [4.69, 9.17) is 0 Å². The van der Waals surface area contributed by atoms with E-state index < -0.39 is 12.2 Å². The fourth-order valence-corrected chi connectivity index (χ4v) is 7.01. The number of aryl methyl sites for hydroxylation is 1. The molecule has 2 fully saturated rings. The second-order valence-corrected chi connectivity index (χ2v) is 12.2. The highest BCUT2D eigenvalue weighted by Gasteiger charge is 2.51. The predicted octanol–water partition coefficient (Wildman–Crippen LogP) is 4.52. The van der Waals surface area contributed by atoms with Crippen molar-refractivity contribution in [2.75, 3.05) is 19.6 Å². The Hall–Kier alpha value is -4.61. The van der Waals surface area contributed by atoms with Crippen LogP contribution in [0.4, 0.5) is 4.39 Å². The number of benzene rings is 3. The summed E-state index contributed by atoms with van der Waals surface area (Å²) in [6.07, 6.45) is 2.72. The third kappa shape index (κ3) is 6.31. The van der Waals surface area contributed by atoms with Crippen LogP contribution in [0.25, 0.3) is 10.2 Å². The molecule has 11 heteroatoms. The van der Waals surface area contributed by atoms with Crippen LogP contribution in [-0.4, -0.2) is 79.5 Å². The molecule has 1 N–H and O–H groups in total. The molecule has 45 heavy (non-hydrogen) atoms. The monoisotopic (exact) mass is 627 g/mol. The van der Waals surface area contributed by atoms with Gasteiger partial charge in [-0.2, -0.15) is 0 Å². The summed E-state index contributed by atoms with van der Waals surface area (Å²) in [5.74, 6) is -0.942. The molecule has 0 unspecified atom stereocenters. The van der Waals surface area contributed by atoms with Gasteiger partial charge in [-0.1, -0.05) is 54.6 Å². The van der Waals surface area contributed by atoms with Crippen molar-refractivity contribution >= 4 is 39.3 Å². The van der Waals surface area contributed by atoms with E-state index in [0.29, 0.717) is 22.2 Å². The highest BCUT2D eigenvalue weighted by molar-refractivity contribution is 7.16. The Morgan fingerprint density at radius 1 is 1.07 bits per heavy atom. The number of nitrogens with zero attached hydrogens (tertiary/aromatic N) is 5. The molecule has 0 radical (unpaired) electrons. The molecule has 9 nitrogen and oxygen atoms in total. The molecule has 0 aliphatic carbocycles. The number of carbonyl (C=O) groups is 3. The summed E-state index contributed by atoms with van der Waals surface area (Å²) in [4.78, 5) is 49.6. The van der Waals surface area contributed by atoms with Gasteiger partial charge < -0.3 is 14.9 Å². The van der Waals surface area contributed by atoms with E-state index >= 15 is 0 Å². The highest BCUT2D eigenvalue weighted by atomic mass is 32.1. The Kier molecular flexibility index (Phi) is 8.90. The number of halogens is 1. The first-order chi connectivity index (χ1) is 21.8. The van der Waals surface area contributed by atoms with Crippen LogP contribution in [0, 0.1) is 5.82 Å². The minimum absolute atomic E-state index is 0.0658. The lowest BCUT2D eigenvalue weighted by Crippen LogP contribution is -2.75. The predicted molar refractivity (Wildman–Crippen MR) is 169 cm³/mol. The number of amides is 3. The normalized spacial score (nSPS) is 18.8. The van der Waals surface area contributed by atoms with E-state index in [1.165, 1.54) is 17.4 Å². The molecule has 232 valence electrons. The quantitative estimate of drug-likeness (QED) is 0.260. The maximum Gasteiger partial charge on any atom is 0.246 e. The molecule has 6 rings (SSSR count). The Morgan fingerprint density at radius 3 is 2.60 bits per heavy atom. The Bertz CT molecular complexity index is 1710. The van der Waals surface area contributed by atoms with Crippen molar-refractivity contribution in [2.24, 2.45) is 0 Å². The van der Waals surface area contributed by atoms with E-state index in [1.54, 1.807) is 61.7 Å². The van der Waals surface area contributed by atoms with Crippen LogP contribution >= 0.6 is 11.3 Å². The second-order valence-electron chi connectivity index (χ2n) is 11.3. The molecular weight excluding hydrogens is 593 g/mol. The number of aromatic hydroxyl groups is 1. The Morgan fingerprint density at radius 2 is 1.84 bits per heavy atom. The van der Waals surface area contributed by atoms with Crippen molar-refractivity contribution in [1.82, 2.24) is 24.8 Å². The summed E-state index contributed by atoms with van der Waals surface area (Å²) in [7, 11) is 0. The maximum atomic E-state index is 14.5. The SMILES string of the molecule is C=CCN1CC(=O)N2[C@@H](Cc3ccc(O)cc3)C(=O)N(Cc3ccc(F)c4scnc34)C[C@@H]2N1C(=O)CCCc1ccccc1. The number of phenolic OH excluding ortho intramolecular Hbond substituents is 1. The minimum atomic E-state index is -0.891. The van der Waals surface area contributed by atoms with Gasteiger partial charge in [-0.15, -0.1) is 17.9 Å². The minimum Gasteiger partial charge on any atom is -0.508 e. The molecule has 0 bridgehead atoms. The van der Waals surface area contributed by atoms with Gasteiger partial charge in [0.15, 0.2) is 0 Å².